The summed E-state index contributed by atoms with van der Waals surface area (Å²) in [6.07, 6.45) is 1.96. The number of carbonyl (C=O) groups is 2. The summed E-state index contributed by atoms with van der Waals surface area (Å²) in [5.74, 6) is -1.44. The molecule has 0 saturated carbocycles. The van der Waals surface area contributed by atoms with E-state index in [-0.39, 0.29) is 30.2 Å². The highest BCUT2D eigenvalue weighted by Gasteiger charge is 2.54. The van der Waals surface area contributed by atoms with E-state index in [1.54, 1.807) is 13.0 Å². The number of esters is 2. The first-order chi connectivity index (χ1) is 26.0. The SMILES string of the molecule is CCCCCCCCCCCCCCCC(=O)OC1C(OC2OC(CO)C(O)C(O)C2OSOOO)OC(CO)C(O)C1OC(=O)/C(C)=C/[C@@H](C)CCC. The van der Waals surface area contributed by atoms with Gasteiger partial charge in [-0.25, -0.2) is 10.1 Å². The van der Waals surface area contributed by atoms with Crippen molar-refractivity contribution in [3.8, 4) is 0 Å². The Hall–Kier alpha value is -1.45. The minimum atomic E-state index is -1.76. The Morgan fingerprint density at radius 1 is 0.722 bits per heavy atom. The average Bonchev–Trinajstić information content (AvgIpc) is 3.15. The molecule has 11 atom stereocenters. The molecule has 6 N–H and O–H groups in total. The van der Waals surface area contributed by atoms with Gasteiger partial charge in [0.1, 0.15) is 30.5 Å². The Bertz CT molecular complexity index is 1050. The van der Waals surface area contributed by atoms with E-state index in [9.17, 15) is 35.1 Å². The quantitative estimate of drug-likeness (QED) is 0.0159. The van der Waals surface area contributed by atoms with Gasteiger partial charge in [0.2, 0.25) is 6.29 Å². The van der Waals surface area contributed by atoms with E-state index in [1.165, 1.54) is 51.4 Å². The van der Waals surface area contributed by atoms with Crippen LogP contribution in [-0.4, -0.2) is 117 Å². The number of carbonyl (C=O) groups excluding carboxylic acids is 2. The summed E-state index contributed by atoms with van der Waals surface area (Å²) in [7, 11) is 0. The van der Waals surface area contributed by atoms with Crippen molar-refractivity contribution >= 4 is 24.3 Å². The van der Waals surface area contributed by atoms with Crippen LogP contribution in [0.5, 0.6) is 0 Å². The summed E-state index contributed by atoms with van der Waals surface area (Å²) < 4.78 is 38.5. The second kappa shape index (κ2) is 28.0. The summed E-state index contributed by atoms with van der Waals surface area (Å²) in [6.45, 7) is 6.22. The third-order valence-corrected chi connectivity index (χ3v) is 10.1. The van der Waals surface area contributed by atoms with Crippen LogP contribution in [0.2, 0.25) is 0 Å². The Kier molecular flexibility index (Phi) is 25.3. The lowest BCUT2D eigenvalue weighted by molar-refractivity contribution is -0.435. The third kappa shape index (κ3) is 17.0. The van der Waals surface area contributed by atoms with Gasteiger partial charge in [-0.2, -0.15) is 0 Å². The van der Waals surface area contributed by atoms with E-state index in [0.717, 1.165) is 38.5 Å². The van der Waals surface area contributed by atoms with E-state index in [0.29, 0.717) is 6.42 Å². The minimum Gasteiger partial charge on any atom is -0.453 e. The molecule has 10 unspecified atom stereocenters. The molecular weight excluding hydrogens is 732 g/mol. The molecule has 54 heavy (non-hydrogen) atoms. The predicted octanol–water partition coefficient (Wildman–Crippen LogP) is 4.58. The molecule has 16 nitrogen and oxygen atoms in total. The molecule has 2 aliphatic rings. The van der Waals surface area contributed by atoms with E-state index < -0.39 is 86.6 Å². The molecule has 0 aromatic heterocycles. The standard InChI is InChI=1S/C37H66O16S/c1-5-7-8-9-10-11-12-13-14-15-16-17-18-20-28(40)48-34-32(49-35(44)25(4)21-24(3)19-6-2)30(42)27(23-39)47-37(34)50-36-33(51-54-53-52-45)31(43)29(41)26(22-38)46-36/h21,24,26-27,29-34,36-39,41-43,45H,5-20,22-23H2,1-4H3/b25-21+/t24-,26?,27?,29?,30?,31?,32?,33?,34?,36?,37?/m0/s1. The van der Waals surface area contributed by atoms with Crippen molar-refractivity contribution < 1.29 is 77.6 Å². The Balaban J connectivity index is 2.18. The van der Waals surface area contributed by atoms with Crippen LogP contribution in [0.15, 0.2) is 11.6 Å². The molecule has 2 fully saturated rings. The zero-order valence-electron chi connectivity index (χ0n) is 32.3. The molecule has 2 saturated heterocycles. The molecule has 0 aromatic carbocycles. The van der Waals surface area contributed by atoms with E-state index in [2.05, 4.69) is 16.3 Å². The Morgan fingerprint density at radius 3 is 1.80 bits per heavy atom. The van der Waals surface area contributed by atoms with E-state index >= 15 is 0 Å². The smallest absolute Gasteiger partial charge is 0.333 e. The minimum absolute atomic E-state index is 0.00687. The lowest BCUT2D eigenvalue weighted by Crippen LogP contribution is -2.65. The third-order valence-electron chi connectivity index (χ3n) is 9.70. The van der Waals surface area contributed by atoms with Gasteiger partial charge in [0.15, 0.2) is 36.9 Å². The van der Waals surface area contributed by atoms with Crippen LogP contribution in [0.4, 0.5) is 0 Å². The van der Waals surface area contributed by atoms with Gasteiger partial charge < -0.3 is 49.2 Å². The number of rotatable bonds is 28. The summed E-state index contributed by atoms with van der Waals surface area (Å²) in [4.78, 5) is 26.6. The molecule has 0 aliphatic carbocycles. The number of allylic oxidation sites excluding steroid dienone is 1. The normalized spacial score (nSPS) is 29.6. The van der Waals surface area contributed by atoms with Crippen LogP contribution >= 0.6 is 12.3 Å². The van der Waals surface area contributed by atoms with Crippen LogP contribution in [0, 0.1) is 5.92 Å². The number of hydrogen-bond acceptors (Lipinski definition) is 17. The van der Waals surface area contributed by atoms with Crippen molar-refractivity contribution in [3.05, 3.63) is 11.6 Å². The fourth-order valence-electron chi connectivity index (χ4n) is 6.63. The summed E-state index contributed by atoms with van der Waals surface area (Å²) in [5.41, 5.74) is 0.250. The van der Waals surface area contributed by atoms with E-state index in [1.807, 2.05) is 13.8 Å². The van der Waals surface area contributed by atoms with Crippen molar-refractivity contribution in [3.63, 3.8) is 0 Å². The number of ether oxygens (including phenoxy) is 5. The van der Waals surface area contributed by atoms with Crippen molar-refractivity contribution in [2.24, 2.45) is 5.92 Å². The lowest BCUT2D eigenvalue weighted by Gasteiger charge is -2.46. The van der Waals surface area contributed by atoms with Gasteiger partial charge in [-0.05, 0) is 25.7 Å². The van der Waals surface area contributed by atoms with Crippen LogP contribution < -0.4 is 0 Å². The van der Waals surface area contributed by atoms with Gasteiger partial charge in [-0.3, -0.25) is 8.98 Å². The van der Waals surface area contributed by atoms with Gasteiger partial charge >= 0.3 is 11.9 Å². The zero-order chi connectivity index (χ0) is 39.9. The highest BCUT2D eigenvalue weighted by molar-refractivity contribution is 7.89. The molecule has 17 heteroatoms. The molecule has 0 radical (unpaired) electrons. The number of aliphatic hydroxyl groups is 5. The lowest BCUT2D eigenvalue weighted by atomic mass is 9.97. The predicted molar refractivity (Wildman–Crippen MR) is 196 cm³/mol. The molecule has 2 rings (SSSR count). The number of hydrogen-bond donors (Lipinski definition) is 6. The molecule has 2 aliphatic heterocycles. The van der Waals surface area contributed by atoms with Gasteiger partial charge in [0.05, 0.1) is 13.2 Å². The number of aliphatic hydroxyl groups excluding tert-OH is 5. The maximum Gasteiger partial charge on any atom is 0.333 e. The van der Waals surface area contributed by atoms with Crippen molar-refractivity contribution in [1.29, 1.82) is 0 Å². The van der Waals surface area contributed by atoms with Gasteiger partial charge in [0, 0.05) is 12.0 Å². The van der Waals surface area contributed by atoms with Crippen molar-refractivity contribution in [1.82, 2.24) is 0 Å². The summed E-state index contributed by atoms with van der Waals surface area (Å²) in [6, 6.07) is 0. The monoisotopic (exact) mass is 798 g/mol. The molecule has 0 spiro atoms. The first-order valence-corrected chi connectivity index (χ1v) is 20.3. The van der Waals surface area contributed by atoms with Crippen LogP contribution in [0.1, 0.15) is 130 Å². The molecular formula is C37H66O16S. The zero-order valence-corrected chi connectivity index (χ0v) is 33.1. The maximum absolute atomic E-state index is 13.3. The Morgan fingerprint density at radius 2 is 1.26 bits per heavy atom. The second-order valence-electron chi connectivity index (χ2n) is 14.3. The second-order valence-corrected chi connectivity index (χ2v) is 14.7. The van der Waals surface area contributed by atoms with E-state index in [4.69, 9.17) is 33.1 Å². The first-order valence-electron chi connectivity index (χ1n) is 19.6. The van der Waals surface area contributed by atoms with Crippen LogP contribution in [0.25, 0.3) is 0 Å². The summed E-state index contributed by atoms with van der Waals surface area (Å²) >= 11 is 0.0520. The van der Waals surface area contributed by atoms with Crippen LogP contribution in [-0.2, 0) is 46.8 Å². The average molecular weight is 799 g/mol. The highest BCUT2D eigenvalue weighted by Crippen LogP contribution is 2.34. The molecule has 316 valence electrons. The van der Waals surface area contributed by atoms with Crippen LogP contribution in [0.3, 0.4) is 0 Å². The maximum atomic E-state index is 13.3. The summed E-state index contributed by atoms with van der Waals surface area (Å²) in [5, 5.41) is 64.4. The molecule has 0 bridgehead atoms. The van der Waals surface area contributed by atoms with Gasteiger partial charge in [-0.1, -0.05) is 115 Å². The Labute approximate surface area is 324 Å². The fraction of sp³-hybridized carbons (Fsp3) is 0.892. The molecule has 2 heterocycles. The fourth-order valence-corrected chi connectivity index (χ4v) is 6.99. The largest absolute Gasteiger partial charge is 0.453 e. The van der Waals surface area contributed by atoms with Gasteiger partial charge in [-0.15, -0.1) is 4.33 Å². The first kappa shape index (κ1) is 48.7. The van der Waals surface area contributed by atoms with Crippen molar-refractivity contribution in [2.75, 3.05) is 13.2 Å². The molecule has 0 aromatic rings. The topological polar surface area (TPSA) is 229 Å². The number of unbranched alkanes of at least 4 members (excludes halogenated alkanes) is 12. The molecule has 0 amide bonds. The van der Waals surface area contributed by atoms with Crippen molar-refractivity contribution in [2.45, 2.75) is 192 Å². The van der Waals surface area contributed by atoms with Gasteiger partial charge in [0.25, 0.3) is 0 Å². The highest BCUT2D eigenvalue weighted by atomic mass is 32.2.